The van der Waals surface area contributed by atoms with Gasteiger partial charge in [0.1, 0.15) is 17.9 Å². The Hall–Kier alpha value is -2.35. The van der Waals surface area contributed by atoms with Gasteiger partial charge in [0.05, 0.1) is 10.8 Å². The number of hydrogen-bond acceptors (Lipinski definition) is 4. The van der Waals surface area contributed by atoms with Crippen molar-refractivity contribution in [2.24, 2.45) is 0 Å². The average Bonchev–Trinajstić information content (AvgIpc) is 2.59. The maximum Gasteiger partial charge on any atom is 0.337 e. The number of thioether (sulfide) groups is 1. The van der Waals surface area contributed by atoms with Crippen molar-refractivity contribution in [3.05, 3.63) is 70.0 Å². The van der Waals surface area contributed by atoms with E-state index in [0.717, 1.165) is 10.3 Å². The molecule has 0 aliphatic heterocycles. The number of ether oxygens (including phenoxy) is 1. The Morgan fingerprint density at radius 1 is 1.08 bits per heavy atom. The van der Waals surface area contributed by atoms with Crippen LogP contribution in [0.25, 0.3) is 11.0 Å². The van der Waals surface area contributed by atoms with Gasteiger partial charge in [-0.25, -0.2) is 4.79 Å². The van der Waals surface area contributed by atoms with Crippen LogP contribution < -0.4 is 10.4 Å². The van der Waals surface area contributed by atoms with E-state index >= 15 is 0 Å². The molecule has 5 heteroatoms. The molecule has 0 amide bonds. The van der Waals surface area contributed by atoms with Crippen molar-refractivity contribution in [3.63, 3.8) is 0 Å². The molecule has 3 nitrogen and oxygen atoms in total. The molecule has 1 aromatic heterocycles. The first-order valence-electron chi connectivity index (χ1n) is 7.23. The number of hydrogen-bond donors (Lipinski definition) is 0. The van der Waals surface area contributed by atoms with Crippen LogP contribution in [-0.4, -0.2) is 12.4 Å². The molecule has 0 spiro atoms. The average molecular weight is 357 g/mol. The van der Waals surface area contributed by atoms with Gasteiger partial charge in [0, 0.05) is 16.3 Å². The van der Waals surface area contributed by atoms with Crippen LogP contribution in [0.5, 0.6) is 5.75 Å². The highest BCUT2D eigenvalue weighted by molar-refractivity contribution is 7.99. The van der Waals surface area contributed by atoms with Gasteiger partial charge < -0.3 is 9.15 Å². The number of para-hydroxylation sites is 2. The Labute approximate surface area is 148 Å². The van der Waals surface area contributed by atoms with Gasteiger partial charge in [-0.3, -0.25) is 0 Å². The number of fused-ring (bicyclic) bond motifs is 1. The number of halogens is 1. The van der Waals surface area contributed by atoms with Crippen LogP contribution in [0.4, 0.5) is 0 Å². The Kier molecular flexibility index (Phi) is 5.47. The molecule has 24 heavy (non-hydrogen) atoms. The van der Waals surface area contributed by atoms with Gasteiger partial charge in [-0.1, -0.05) is 53.8 Å². The zero-order valence-corrected chi connectivity index (χ0v) is 14.2. The van der Waals surface area contributed by atoms with Crippen molar-refractivity contribution in [2.45, 2.75) is 4.90 Å². The van der Waals surface area contributed by atoms with E-state index in [1.807, 2.05) is 30.3 Å². The van der Waals surface area contributed by atoms with Crippen molar-refractivity contribution < 1.29 is 9.15 Å². The van der Waals surface area contributed by atoms with Gasteiger partial charge >= 0.3 is 5.63 Å². The summed E-state index contributed by atoms with van der Waals surface area (Å²) in [6, 6.07) is 16.2. The molecule has 0 atom stereocenters. The first-order valence-corrected chi connectivity index (χ1v) is 8.59. The Bertz CT molecular complexity index is 969. The minimum Gasteiger partial charge on any atom is -0.479 e. The zero-order chi connectivity index (χ0) is 16.8. The molecule has 0 saturated carbocycles. The van der Waals surface area contributed by atoms with Gasteiger partial charge in [-0.2, -0.15) is 0 Å². The lowest BCUT2D eigenvalue weighted by molar-refractivity contribution is 0.370. The summed E-state index contributed by atoms with van der Waals surface area (Å²) < 4.78 is 10.7. The number of benzene rings is 2. The summed E-state index contributed by atoms with van der Waals surface area (Å²) in [5, 5.41) is 1.48. The fraction of sp³-hybridized carbons (Fsp3) is 0.105. The van der Waals surface area contributed by atoms with Crippen LogP contribution in [0.3, 0.4) is 0 Å². The second kappa shape index (κ2) is 7.96. The molecule has 0 radical (unpaired) electrons. The third-order valence-electron chi connectivity index (χ3n) is 3.17. The van der Waals surface area contributed by atoms with Crippen LogP contribution in [0.15, 0.2) is 68.7 Å². The summed E-state index contributed by atoms with van der Waals surface area (Å²) in [4.78, 5) is 12.4. The van der Waals surface area contributed by atoms with Crippen LogP contribution in [0.1, 0.15) is 0 Å². The molecule has 0 fully saturated rings. The molecule has 3 aromatic rings. The molecule has 2 aromatic carbocycles. The first kappa shape index (κ1) is 16.5. The molecule has 0 saturated heterocycles. The van der Waals surface area contributed by atoms with E-state index in [-0.39, 0.29) is 12.2 Å². The minimum atomic E-state index is -0.355. The third-order valence-corrected chi connectivity index (χ3v) is 4.42. The lowest BCUT2D eigenvalue weighted by atomic mass is 10.2. The quantitative estimate of drug-likeness (QED) is 0.388. The molecule has 1 heterocycles. The summed E-state index contributed by atoms with van der Waals surface area (Å²) in [5.74, 6) is 7.13. The molecular formula is C19H13ClO3S. The van der Waals surface area contributed by atoms with E-state index < -0.39 is 0 Å². The van der Waals surface area contributed by atoms with Crippen molar-refractivity contribution in [1.82, 2.24) is 0 Å². The van der Waals surface area contributed by atoms with E-state index in [4.69, 9.17) is 20.8 Å². The van der Waals surface area contributed by atoms with E-state index in [9.17, 15) is 4.79 Å². The third kappa shape index (κ3) is 4.14. The first-order chi connectivity index (χ1) is 11.7. The summed E-state index contributed by atoms with van der Waals surface area (Å²) in [5.41, 5.74) is 0.230. The highest BCUT2D eigenvalue weighted by Gasteiger charge is 2.04. The van der Waals surface area contributed by atoms with Gasteiger partial charge in [-0.15, -0.1) is 11.8 Å². The zero-order valence-electron chi connectivity index (χ0n) is 12.6. The maximum atomic E-state index is 11.6. The highest BCUT2D eigenvalue weighted by Crippen LogP contribution is 2.26. The van der Waals surface area contributed by atoms with Gasteiger partial charge in [0.25, 0.3) is 0 Å². The Morgan fingerprint density at radius 3 is 2.75 bits per heavy atom. The number of rotatable bonds is 4. The van der Waals surface area contributed by atoms with Crippen molar-refractivity contribution in [3.8, 4) is 17.6 Å². The highest BCUT2D eigenvalue weighted by atomic mass is 35.5. The summed E-state index contributed by atoms with van der Waals surface area (Å²) >= 11 is 7.50. The molecule has 0 N–H and O–H groups in total. The van der Waals surface area contributed by atoms with Gasteiger partial charge in [0.15, 0.2) is 0 Å². The van der Waals surface area contributed by atoms with E-state index in [1.54, 1.807) is 18.2 Å². The van der Waals surface area contributed by atoms with Crippen molar-refractivity contribution in [2.75, 3.05) is 12.4 Å². The van der Waals surface area contributed by atoms with Crippen molar-refractivity contribution >= 4 is 34.3 Å². The lowest BCUT2D eigenvalue weighted by Gasteiger charge is -2.03. The molecule has 0 aliphatic carbocycles. The lowest BCUT2D eigenvalue weighted by Crippen LogP contribution is -1.97. The van der Waals surface area contributed by atoms with E-state index in [0.29, 0.717) is 22.1 Å². The predicted molar refractivity (Wildman–Crippen MR) is 97.9 cm³/mol. The van der Waals surface area contributed by atoms with Gasteiger partial charge in [0.2, 0.25) is 0 Å². The van der Waals surface area contributed by atoms with Crippen molar-refractivity contribution in [1.29, 1.82) is 0 Å². The SMILES string of the molecule is O=c1cc(SCC#CCOc2ccccc2Cl)c2ccccc2o1. The largest absolute Gasteiger partial charge is 0.479 e. The predicted octanol–water partition coefficient (Wildman–Crippen LogP) is 4.62. The van der Waals surface area contributed by atoms with E-state index in [1.165, 1.54) is 17.8 Å². The molecule has 3 rings (SSSR count). The normalized spacial score (nSPS) is 10.2. The standard InChI is InChI=1S/C19H13ClO3S/c20-15-8-2-4-10-17(15)22-11-5-6-12-24-18-13-19(21)23-16-9-3-1-7-14(16)18/h1-4,7-10,13H,11-12H2. The molecule has 0 aliphatic rings. The van der Waals surface area contributed by atoms with Crippen LogP contribution in [0, 0.1) is 11.8 Å². The summed E-state index contributed by atoms with van der Waals surface area (Å²) in [7, 11) is 0. The summed E-state index contributed by atoms with van der Waals surface area (Å²) in [6.45, 7) is 0.266. The monoisotopic (exact) mass is 356 g/mol. The van der Waals surface area contributed by atoms with Crippen LogP contribution in [0.2, 0.25) is 5.02 Å². The molecule has 0 bridgehead atoms. The van der Waals surface area contributed by atoms with Gasteiger partial charge in [-0.05, 0) is 18.2 Å². The Morgan fingerprint density at radius 2 is 1.88 bits per heavy atom. The fourth-order valence-electron chi connectivity index (χ4n) is 2.09. The molecular weight excluding hydrogens is 344 g/mol. The molecule has 120 valence electrons. The fourth-order valence-corrected chi connectivity index (χ4v) is 3.12. The second-order valence-corrected chi connectivity index (χ2v) is 6.21. The second-order valence-electron chi connectivity index (χ2n) is 4.79. The summed E-state index contributed by atoms with van der Waals surface area (Å²) in [6.07, 6.45) is 0. The molecule has 0 unspecified atom stereocenters. The maximum absolute atomic E-state index is 11.6. The van der Waals surface area contributed by atoms with Crippen LogP contribution >= 0.6 is 23.4 Å². The smallest absolute Gasteiger partial charge is 0.337 e. The van der Waals surface area contributed by atoms with Crippen LogP contribution in [-0.2, 0) is 0 Å². The topological polar surface area (TPSA) is 39.4 Å². The van der Waals surface area contributed by atoms with E-state index in [2.05, 4.69) is 11.8 Å². The minimum absolute atomic E-state index is 0.266. The Balaban J connectivity index is 1.60.